The monoisotopic (exact) mass is 628 g/mol. The highest BCUT2D eigenvalue weighted by Crippen LogP contribution is 2.43. The molecule has 2 heteroatoms. The molecule has 0 bridgehead atoms. The van der Waals surface area contributed by atoms with Crippen LogP contribution >= 0.6 is 0 Å². The molecule has 0 fully saturated rings. The summed E-state index contributed by atoms with van der Waals surface area (Å²) in [6, 6.07) is 22.6. The van der Waals surface area contributed by atoms with Crippen molar-refractivity contribution in [1.82, 2.24) is 4.98 Å². The molecule has 0 saturated heterocycles. The van der Waals surface area contributed by atoms with Gasteiger partial charge < -0.3 is 0 Å². The van der Waals surface area contributed by atoms with Crippen molar-refractivity contribution in [3.8, 4) is 0 Å². The zero-order valence-corrected chi connectivity index (χ0v) is 30.4. The Bertz CT molecular complexity index is 1100. The van der Waals surface area contributed by atoms with Gasteiger partial charge in [0.2, 0.25) is 0 Å². The highest BCUT2D eigenvalue weighted by molar-refractivity contribution is 5.32. The lowest BCUT2D eigenvalue weighted by Crippen LogP contribution is -2.43. The lowest BCUT2D eigenvalue weighted by atomic mass is 9.66. The zero-order chi connectivity index (χ0) is 32.5. The van der Waals surface area contributed by atoms with Gasteiger partial charge in [-0.05, 0) is 36.8 Å². The predicted octanol–water partition coefficient (Wildman–Crippen LogP) is 13.2. The van der Waals surface area contributed by atoms with E-state index in [1.54, 1.807) is 0 Å². The van der Waals surface area contributed by atoms with Gasteiger partial charge in [0.1, 0.15) is 12.4 Å². The quantitative estimate of drug-likeness (QED) is 0.0610. The average Bonchev–Trinajstić information content (AvgIpc) is 3.54. The molecule has 3 aromatic rings. The number of aromatic nitrogens is 2. The largest absolute Gasteiger partial charge is 0.258 e. The number of rotatable bonds is 28. The summed E-state index contributed by atoms with van der Waals surface area (Å²) in [5, 5.41) is 0. The van der Waals surface area contributed by atoms with Gasteiger partial charge in [0.05, 0.1) is 12.5 Å². The van der Waals surface area contributed by atoms with Crippen LogP contribution in [-0.4, -0.2) is 4.98 Å². The smallest absolute Gasteiger partial charge is 0.247 e. The van der Waals surface area contributed by atoms with Crippen molar-refractivity contribution in [2.45, 2.75) is 186 Å². The van der Waals surface area contributed by atoms with E-state index in [9.17, 15) is 0 Å². The molecule has 0 spiro atoms. The molecule has 0 aliphatic heterocycles. The first kappa shape index (κ1) is 38.1. The van der Waals surface area contributed by atoms with E-state index in [-0.39, 0.29) is 5.41 Å². The third-order valence-electron chi connectivity index (χ3n) is 10.6. The lowest BCUT2D eigenvalue weighted by molar-refractivity contribution is -0.705. The molecule has 2 aromatic carbocycles. The highest BCUT2D eigenvalue weighted by atomic mass is 15.1. The molecule has 0 amide bonds. The molecule has 0 aliphatic carbocycles. The zero-order valence-electron chi connectivity index (χ0n) is 30.4. The molecule has 2 unspecified atom stereocenters. The second-order valence-corrected chi connectivity index (χ2v) is 14.5. The summed E-state index contributed by atoms with van der Waals surface area (Å²) < 4.78 is 2.58. The van der Waals surface area contributed by atoms with Crippen LogP contribution in [-0.2, 0) is 18.4 Å². The Balaban J connectivity index is 1.62. The van der Waals surface area contributed by atoms with Crippen LogP contribution in [0.25, 0.3) is 0 Å². The van der Waals surface area contributed by atoms with Crippen molar-refractivity contribution in [1.29, 1.82) is 0 Å². The van der Waals surface area contributed by atoms with Crippen LogP contribution in [0.4, 0.5) is 0 Å². The minimum absolute atomic E-state index is 0.00586. The molecule has 1 N–H and O–H groups in total. The number of H-pyrrole nitrogens is 1. The Labute approximate surface area is 285 Å². The fraction of sp³-hybridized carbons (Fsp3) is 0.659. The van der Waals surface area contributed by atoms with Gasteiger partial charge in [-0.15, -0.1) is 0 Å². The number of imidazole rings is 1. The summed E-state index contributed by atoms with van der Waals surface area (Å²) in [6.07, 6.45) is 36.0. The van der Waals surface area contributed by atoms with Crippen LogP contribution in [0, 0.1) is 0 Å². The van der Waals surface area contributed by atoms with Crippen molar-refractivity contribution in [2.75, 3.05) is 0 Å². The summed E-state index contributed by atoms with van der Waals surface area (Å²) in [7, 11) is 0. The Morgan fingerprint density at radius 2 is 1.02 bits per heavy atom. The van der Waals surface area contributed by atoms with Gasteiger partial charge in [-0.25, -0.2) is 9.55 Å². The first-order valence-corrected chi connectivity index (χ1v) is 19.8. The van der Waals surface area contributed by atoms with E-state index >= 15 is 0 Å². The molecule has 1 aromatic heterocycles. The second-order valence-electron chi connectivity index (χ2n) is 14.5. The van der Waals surface area contributed by atoms with Gasteiger partial charge in [-0.3, -0.25) is 0 Å². The van der Waals surface area contributed by atoms with E-state index < -0.39 is 0 Å². The maximum absolute atomic E-state index is 3.80. The molecule has 1 heterocycles. The topological polar surface area (TPSA) is 19.7 Å². The van der Waals surface area contributed by atoms with E-state index in [2.05, 4.69) is 103 Å². The van der Waals surface area contributed by atoms with E-state index in [0.717, 1.165) is 13.0 Å². The summed E-state index contributed by atoms with van der Waals surface area (Å²) in [6.45, 7) is 8.29. The first-order valence-electron chi connectivity index (χ1n) is 19.8. The number of nitrogens with one attached hydrogen (secondary N) is 1. The number of nitrogens with zero attached hydrogens (tertiary/aromatic N) is 1. The normalized spacial score (nSPS) is 13.5. The first-order chi connectivity index (χ1) is 22.7. The molecule has 3 rings (SSSR count). The second kappa shape index (κ2) is 23.9. The van der Waals surface area contributed by atoms with Crippen molar-refractivity contribution in [2.24, 2.45) is 0 Å². The maximum Gasteiger partial charge on any atom is 0.258 e. The molecule has 46 heavy (non-hydrogen) atoms. The van der Waals surface area contributed by atoms with Crippen LogP contribution in [0.5, 0.6) is 0 Å². The van der Waals surface area contributed by atoms with Crippen molar-refractivity contribution in [3.05, 3.63) is 90.0 Å². The van der Waals surface area contributed by atoms with Gasteiger partial charge in [-0.2, -0.15) is 0 Å². The molecular weight excluding hydrogens is 556 g/mol. The minimum atomic E-state index is 0.00586. The molecular formula is C44H71N2+. The van der Waals surface area contributed by atoms with Crippen molar-refractivity contribution in [3.63, 3.8) is 0 Å². The fourth-order valence-electron chi connectivity index (χ4n) is 7.68. The van der Waals surface area contributed by atoms with Crippen molar-refractivity contribution < 1.29 is 4.57 Å². The average molecular weight is 628 g/mol. The van der Waals surface area contributed by atoms with Crippen LogP contribution < -0.4 is 4.57 Å². The third kappa shape index (κ3) is 14.2. The van der Waals surface area contributed by atoms with E-state index in [1.807, 2.05) is 0 Å². The fourth-order valence-corrected chi connectivity index (χ4v) is 7.68. The molecule has 0 saturated carbocycles. The highest BCUT2D eigenvalue weighted by Gasteiger charge is 2.41. The van der Waals surface area contributed by atoms with Crippen LogP contribution in [0.2, 0.25) is 0 Å². The molecule has 2 nitrogen and oxygen atoms in total. The summed E-state index contributed by atoms with van der Waals surface area (Å²) >= 11 is 0. The number of unbranched alkanes of at least 4 members (excludes halogenated alkanes) is 19. The number of aromatic amines is 1. The van der Waals surface area contributed by atoms with Crippen LogP contribution in [0.1, 0.15) is 185 Å². The Kier molecular flexibility index (Phi) is 19.8. The Hall–Kier alpha value is -2.35. The SMILES string of the molecule is CCCCCCCCCCCCCC[n+]1cc[nH]c1C(CCCCCCCCCCC)C(C)(Cc1ccccc1)c1ccccc1. The van der Waals surface area contributed by atoms with E-state index in [0.29, 0.717) is 5.92 Å². The number of aryl methyl sites for hydroxylation is 1. The number of hydrogen-bond donors (Lipinski definition) is 1. The lowest BCUT2D eigenvalue weighted by Gasteiger charge is -2.37. The van der Waals surface area contributed by atoms with Gasteiger partial charge in [0.25, 0.3) is 5.82 Å². The van der Waals surface area contributed by atoms with Gasteiger partial charge in [-0.1, -0.05) is 203 Å². The maximum atomic E-state index is 3.80. The third-order valence-corrected chi connectivity index (χ3v) is 10.6. The van der Waals surface area contributed by atoms with Crippen molar-refractivity contribution >= 4 is 0 Å². The summed E-state index contributed by atoms with van der Waals surface area (Å²) in [4.78, 5) is 3.80. The van der Waals surface area contributed by atoms with Gasteiger partial charge in [0, 0.05) is 5.41 Å². The predicted molar refractivity (Wildman–Crippen MR) is 201 cm³/mol. The van der Waals surface area contributed by atoms with Crippen LogP contribution in [0.15, 0.2) is 73.1 Å². The minimum Gasteiger partial charge on any atom is -0.247 e. The molecule has 2 atom stereocenters. The summed E-state index contributed by atoms with van der Waals surface area (Å²) in [5.41, 5.74) is 2.91. The molecule has 0 aliphatic rings. The molecule has 256 valence electrons. The number of benzene rings is 2. The Morgan fingerprint density at radius 1 is 0.565 bits per heavy atom. The van der Waals surface area contributed by atoms with E-state index in [1.165, 1.54) is 158 Å². The van der Waals surface area contributed by atoms with Crippen LogP contribution in [0.3, 0.4) is 0 Å². The van der Waals surface area contributed by atoms with E-state index in [4.69, 9.17) is 0 Å². The molecule has 0 radical (unpaired) electrons. The standard InChI is InChI=1S/C44H70N2/c1-4-6-8-10-12-14-15-16-18-20-22-30-37-46-38-36-45-43(46)42(35-29-21-19-17-13-11-9-7-5-2)44(3,41-33-27-24-28-34-41)39-40-31-25-23-26-32-40/h23-28,31-34,36,38,42H,4-22,29-30,35,37,39H2,1-3H3/p+1. The van der Waals surface area contributed by atoms with Gasteiger partial charge in [0.15, 0.2) is 0 Å². The number of hydrogen-bond acceptors (Lipinski definition) is 0. The Morgan fingerprint density at radius 3 is 1.54 bits per heavy atom. The van der Waals surface area contributed by atoms with Gasteiger partial charge >= 0.3 is 0 Å². The summed E-state index contributed by atoms with van der Waals surface area (Å²) in [5.74, 6) is 1.87.